The molecular weight excluding hydrogens is 477 g/mol. The summed E-state index contributed by atoms with van der Waals surface area (Å²) in [5, 5.41) is 0.104. The second kappa shape index (κ2) is 10.7. The molecule has 2 aromatic carbocycles. The van der Waals surface area contributed by atoms with Crippen LogP contribution in [0.25, 0.3) is 0 Å². The molecule has 36 heavy (non-hydrogen) atoms. The van der Waals surface area contributed by atoms with Gasteiger partial charge in [-0.3, -0.25) is 4.90 Å². The Morgan fingerprint density at radius 2 is 1.97 bits per heavy atom. The largest absolute Gasteiger partial charge is 0.494 e. The van der Waals surface area contributed by atoms with Crippen LogP contribution in [0.15, 0.2) is 60.0 Å². The Hall–Kier alpha value is -2.71. The van der Waals surface area contributed by atoms with Crippen LogP contribution in [0.3, 0.4) is 0 Å². The number of halogens is 1. The number of rotatable bonds is 9. The molecule has 3 aromatic rings. The molecule has 1 aliphatic carbocycles. The van der Waals surface area contributed by atoms with Gasteiger partial charge in [0.25, 0.3) is 0 Å². The van der Waals surface area contributed by atoms with E-state index in [2.05, 4.69) is 22.0 Å². The molecule has 2 heterocycles. The summed E-state index contributed by atoms with van der Waals surface area (Å²) in [6.45, 7) is 2.57. The molecule has 1 fully saturated rings. The quantitative estimate of drug-likeness (QED) is 0.395. The number of hydrogen-bond acceptors (Lipinski definition) is 5. The molecule has 8 heteroatoms. The van der Waals surface area contributed by atoms with Crippen LogP contribution in [0.5, 0.6) is 5.75 Å². The minimum absolute atomic E-state index is 0.00577. The highest BCUT2D eigenvalue weighted by atomic mass is 32.2. The summed E-state index contributed by atoms with van der Waals surface area (Å²) in [4.78, 5) is 6.58. The van der Waals surface area contributed by atoms with Crippen molar-refractivity contribution in [3.63, 3.8) is 0 Å². The molecule has 5 rings (SSSR count). The predicted molar refractivity (Wildman–Crippen MR) is 138 cm³/mol. The molecule has 6 nitrogen and oxygen atoms in total. The summed E-state index contributed by atoms with van der Waals surface area (Å²) in [5.74, 6) is 0.824. The van der Waals surface area contributed by atoms with Crippen molar-refractivity contribution in [2.75, 3.05) is 25.4 Å². The molecule has 0 saturated carbocycles. The fourth-order valence-electron chi connectivity index (χ4n) is 5.71. The summed E-state index contributed by atoms with van der Waals surface area (Å²) in [7, 11) is -1.67. The van der Waals surface area contributed by atoms with Crippen molar-refractivity contribution in [3.8, 4) is 5.75 Å². The van der Waals surface area contributed by atoms with Crippen molar-refractivity contribution in [1.82, 2.24) is 14.5 Å². The second-order valence-corrected chi connectivity index (χ2v) is 12.1. The number of fused-ring (bicyclic) bond motifs is 1. The van der Waals surface area contributed by atoms with Gasteiger partial charge in [-0.05, 0) is 92.6 Å². The number of likely N-dealkylation sites (tertiary alicyclic amines) is 1. The smallest absolute Gasteiger partial charge is 0.197 e. The van der Waals surface area contributed by atoms with Gasteiger partial charge in [0.15, 0.2) is 14.9 Å². The lowest BCUT2D eigenvalue weighted by molar-refractivity contribution is 0.188. The van der Waals surface area contributed by atoms with Crippen molar-refractivity contribution in [1.29, 1.82) is 0 Å². The third-order valence-electron chi connectivity index (χ3n) is 7.47. The zero-order valence-electron chi connectivity index (χ0n) is 20.8. The Labute approximate surface area is 213 Å². The van der Waals surface area contributed by atoms with Crippen LogP contribution in [-0.2, 0) is 29.7 Å². The Balaban J connectivity index is 1.30. The van der Waals surface area contributed by atoms with E-state index in [1.165, 1.54) is 42.6 Å². The van der Waals surface area contributed by atoms with Crippen molar-refractivity contribution < 1.29 is 17.5 Å². The van der Waals surface area contributed by atoms with Crippen molar-refractivity contribution >= 4 is 9.84 Å². The maximum atomic E-state index is 14.0. The van der Waals surface area contributed by atoms with Crippen LogP contribution in [0.2, 0.25) is 0 Å². The summed E-state index contributed by atoms with van der Waals surface area (Å²) >= 11 is 0. The number of imidazole rings is 1. The van der Waals surface area contributed by atoms with E-state index in [0.717, 1.165) is 43.7 Å². The normalized spacial score (nSPS) is 20.4. The lowest BCUT2D eigenvalue weighted by Crippen LogP contribution is -2.41. The van der Waals surface area contributed by atoms with Crippen LogP contribution in [-0.4, -0.2) is 54.4 Å². The Kier molecular flexibility index (Phi) is 7.44. The number of benzene rings is 2. The van der Waals surface area contributed by atoms with Gasteiger partial charge in [-0.2, -0.15) is 0 Å². The van der Waals surface area contributed by atoms with Crippen LogP contribution in [0.4, 0.5) is 4.39 Å². The van der Waals surface area contributed by atoms with Gasteiger partial charge in [-0.25, -0.2) is 17.8 Å². The van der Waals surface area contributed by atoms with E-state index in [9.17, 15) is 12.8 Å². The summed E-state index contributed by atoms with van der Waals surface area (Å²) in [6, 6.07) is 13.7. The molecule has 2 unspecified atom stereocenters. The molecule has 0 spiro atoms. The van der Waals surface area contributed by atoms with Crippen molar-refractivity contribution in [3.05, 3.63) is 77.5 Å². The number of nitrogens with zero attached hydrogens (tertiary/aromatic N) is 3. The maximum absolute atomic E-state index is 14.0. The first kappa shape index (κ1) is 25.0. The van der Waals surface area contributed by atoms with Gasteiger partial charge in [0.1, 0.15) is 11.6 Å². The fourth-order valence-corrected chi connectivity index (χ4v) is 6.96. The molecule has 2 aliphatic rings. The van der Waals surface area contributed by atoms with E-state index in [-0.39, 0.29) is 22.5 Å². The molecule has 0 amide bonds. The van der Waals surface area contributed by atoms with E-state index < -0.39 is 9.84 Å². The topological polar surface area (TPSA) is 64.4 Å². The van der Waals surface area contributed by atoms with E-state index in [1.807, 2.05) is 12.1 Å². The zero-order chi connectivity index (χ0) is 25.1. The van der Waals surface area contributed by atoms with Crippen LogP contribution < -0.4 is 4.74 Å². The number of aromatic nitrogens is 2. The highest BCUT2D eigenvalue weighted by Crippen LogP contribution is 2.40. The van der Waals surface area contributed by atoms with Crippen LogP contribution in [0.1, 0.15) is 48.3 Å². The van der Waals surface area contributed by atoms with Gasteiger partial charge in [0, 0.05) is 25.2 Å². The number of sulfone groups is 1. The average molecular weight is 512 g/mol. The summed E-state index contributed by atoms with van der Waals surface area (Å²) in [6.07, 6.45) is 8.80. The van der Waals surface area contributed by atoms with Gasteiger partial charge >= 0.3 is 0 Å². The average Bonchev–Trinajstić information content (AvgIpc) is 3.55. The molecule has 0 bridgehead atoms. The molecule has 0 radical (unpaired) electrons. The maximum Gasteiger partial charge on any atom is 0.197 e. The number of ether oxygens (including phenoxy) is 1. The Bertz CT molecular complexity index is 1300. The highest BCUT2D eigenvalue weighted by Gasteiger charge is 2.35. The first-order chi connectivity index (χ1) is 17.4. The first-order valence-corrected chi connectivity index (χ1v) is 14.5. The minimum Gasteiger partial charge on any atom is -0.494 e. The van der Waals surface area contributed by atoms with E-state index in [0.29, 0.717) is 19.1 Å². The standard InChI is InChI=1S/C28H34FN3O3S/c1-31-19-28(30-20-31)36(33,34)15-5-14-35-24-10-8-22-9-11-27(32-12-2-3-13-32)26(25(22)18-24)17-21-6-4-7-23(29)16-21/h4,6-8,10,16,18-20,26-27H,2-3,5,9,11-15,17H2,1H3. The molecule has 192 valence electrons. The molecule has 1 aromatic heterocycles. The van der Waals surface area contributed by atoms with Gasteiger partial charge in [0.2, 0.25) is 0 Å². The van der Waals surface area contributed by atoms with Gasteiger partial charge in [-0.15, -0.1) is 0 Å². The van der Waals surface area contributed by atoms with Crippen LogP contribution >= 0.6 is 0 Å². The van der Waals surface area contributed by atoms with Gasteiger partial charge in [-0.1, -0.05) is 18.2 Å². The van der Waals surface area contributed by atoms with Gasteiger partial charge in [0.05, 0.1) is 18.7 Å². The van der Waals surface area contributed by atoms with E-state index >= 15 is 0 Å². The predicted octanol–water partition coefficient (Wildman–Crippen LogP) is 4.54. The molecule has 2 atom stereocenters. The third-order valence-corrected chi connectivity index (χ3v) is 9.15. The molecule has 0 N–H and O–H groups in total. The second-order valence-electron chi connectivity index (χ2n) is 10.0. The zero-order valence-corrected chi connectivity index (χ0v) is 21.6. The molecule has 1 saturated heterocycles. The third kappa shape index (κ3) is 5.65. The van der Waals surface area contributed by atoms with Gasteiger partial charge < -0.3 is 9.30 Å². The molecular formula is C28H34FN3O3S. The van der Waals surface area contributed by atoms with Crippen molar-refractivity contribution in [2.24, 2.45) is 7.05 Å². The van der Waals surface area contributed by atoms with Crippen LogP contribution in [0, 0.1) is 5.82 Å². The monoisotopic (exact) mass is 511 g/mol. The number of hydrogen-bond donors (Lipinski definition) is 0. The van der Waals surface area contributed by atoms with E-state index in [4.69, 9.17) is 4.74 Å². The Morgan fingerprint density at radius 3 is 2.72 bits per heavy atom. The SMILES string of the molecule is Cn1cnc(S(=O)(=O)CCCOc2ccc3c(c2)C(Cc2cccc(F)c2)C(N2CCCC2)CC3)c1. The first-order valence-electron chi connectivity index (χ1n) is 12.8. The van der Waals surface area contributed by atoms with Crippen molar-refractivity contribution in [2.45, 2.75) is 55.5 Å². The van der Waals surface area contributed by atoms with E-state index in [1.54, 1.807) is 23.7 Å². The molecule has 1 aliphatic heterocycles. The lowest BCUT2D eigenvalue weighted by atomic mass is 9.75. The Morgan fingerprint density at radius 1 is 1.14 bits per heavy atom. The fraction of sp³-hybridized carbons (Fsp3) is 0.464. The summed E-state index contributed by atoms with van der Waals surface area (Å²) in [5.41, 5.74) is 3.63. The number of aryl methyl sites for hydroxylation is 2. The minimum atomic E-state index is -3.42. The lowest BCUT2D eigenvalue weighted by Gasteiger charge is -2.39. The summed E-state index contributed by atoms with van der Waals surface area (Å²) < 4.78 is 46.6. The highest BCUT2D eigenvalue weighted by molar-refractivity contribution is 7.91.